The second-order valence-electron chi connectivity index (χ2n) is 5.44. The van der Waals surface area contributed by atoms with Crippen molar-refractivity contribution in [3.63, 3.8) is 0 Å². The van der Waals surface area contributed by atoms with E-state index < -0.39 is 22.0 Å². The van der Waals surface area contributed by atoms with Crippen molar-refractivity contribution < 1.29 is 22.7 Å². The molecule has 1 heterocycles. The van der Waals surface area contributed by atoms with E-state index in [0.717, 1.165) is 4.31 Å². The highest BCUT2D eigenvalue weighted by atomic mass is 32.2. The number of urea groups is 1. The lowest BCUT2D eigenvalue weighted by atomic mass is 10.3. The molecule has 0 atom stereocenters. The first-order valence-corrected chi connectivity index (χ1v) is 9.04. The smallest absolute Gasteiger partial charge is 0.325 e. The van der Waals surface area contributed by atoms with Gasteiger partial charge in [-0.05, 0) is 18.2 Å². The molecule has 1 aromatic heterocycles. The molecule has 11 nitrogen and oxygen atoms in total. The fourth-order valence-electron chi connectivity index (χ4n) is 2.05. The van der Waals surface area contributed by atoms with Gasteiger partial charge in [0.05, 0.1) is 24.1 Å². The molecule has 12 heteroatoms. The predicted molar refractivity (Wildman–Crippen MR) is 91.8 cm³/mol. The molecular formula is C14H20N6O5S. The number of carbonyl (C=O) groups is 2. The van der Waals surface area contributed by atoms with Crippen molar-refractivity contribution in [3.05, 3.63) is 18.2 Å². The number of hydrogen-bond acceptors (Lipinski definition) is 7. The summed E-state index contributed by atoms with van der Waals surface area (Å²) in [6.07, 6.45) is 0. The van der Waals surface area contributed by atoms with E-state index in [0.29, 0.717) is 17.6 Å². The van der Waals surface area contributed by atoms with Crippen LogP contribution in [0.25, 0.3) is 11.0 Å². The normalized spacial score (nSPS) is 11.5. The van der Waals surface area contributed by atoms with Crippen LogP contribution in [-0.4, -0.2) is 74.0 Å². The number of ether oxygens (including phenoxy) is 1. The van der Waals surface area contributed by atoms with Crippen LogP contribution in [0.15, 0.2) is 23.1 Å². The summed E-state index contributed by atoms with van der Waals surface area (Å²) in [5.74, 6) is -0.550. The molecule has 0 aliphatic heterocycles. The summed E-state index contributed by atoms with van der Waals surface area (Å²) in [7, 11) is 0.583. The van der Waals surface area contributed by atoms with Crippen LogP contribution in [0, 0.1) is 0 Å². The Hall–Kier alpha value is -2.73. The van der Waals surface area contributed by atoms with Gasteiger partial charge in [-0.15, -0.1) is 5.10 Å². The molecule has 0 spiro atoms. The molecule has 0 saturated carbocycles. The van der Waals surface area contributed by atoms with Crippen LogP contribution in [0.1, 0.15) is 0 Å². The summed E-state index contributed by atoms with van der Waals surface area (Å²) in [5.41, 5.74) is 1.07. The Morgan fingerprint density at radius 3 is 2.65 bits per heavy atom. The molecule has 0 aliphatic rings. The van der Waals surface area contributed by atoms with Crippen molar-refractivity contribution in [1.29, 1.82) is 0 Å². The maximum atomic E-state index is 12.1. The first-order valence-electron chi connectivity index (χ1n) is 7.60. The van der Waals surface area contributed by atoms with Crippen LogP contribution in [0.4, 0.5) is 4.79 Å². The second kappa shape index (κ2) is 8.10. The monoisotopic (exact) mass is 384 g/mol. The van der Waals surface area contributed by atoms with E-state index in [2.05, 4.69) is 25.7 Å². The average molecular weight is 384 g/mol. The summed E-state index contributed by atoms with van der Waals surface area (Å²) < 4.78 is 31.4. The molecular weight excluding hydrogens is 364 g/mol. The lowest BCUT2D eigenvalue weighted by molar-refractivity contribution is -0.139. The topological polar surface area (TPSA) is 136 Å². The third-order valence-electron chi connectivity index (χ3n) is 3.49. The first-order chi connectivity index (χ1) is 12.3. The minimum absolute atomic E-state index is 0.127. The van der Waals surface area contributed by atoms with Crippen LogP contribution < -0.4 is 10.6 Å². The molecule has 0 radical (unpaired) electrons. The maximum absolute atomic E-state index is 12.1. The van der Waals surface area contributed by atoms with E-state index in [-0.39, 0.29) is 18.0 Å². The zero-order valence-electron chi connectivity index (χ0n) is 14.6. The Kier molecular flexibility index (Phi) is 6.10. The zero-order chi connectivity index (χ0) is 19.3. The van der Waals surface area contributed by atoms with Crippen molar-refractivity contribution in [1.82, 2.24) is 29.9 Å². The highest BCUT2D eigenvalue weighted by Gasteiger charge is 2.18. The van der Waals surface area contributed by atoms with E-state index in [9.17, 15) is 18.0 Å². The number of hydrogen-bond donors (Lipinski definition) is 2. The number of esters is 1. The minimum Gasteiger partial charge on any atom is -0.468 e. The SMILES string of the molecule is COC(=O)CNC(=O)NCCn1nnc2cc(S(=O)(=O)N(C)C)ccc21. The molecule has 0 bridgehead atoms. The number of rotatable bonds is 7. The van der Waals surface area contributed by atoms with Gasteiger partial charge >= 0.3 is 12.0 Å². The van der Waals surface area contributed by atoms with Gasteiger partial charge in [0.25, 0.3) is 0 Å². The molecule has 2 amide bonds. The summed E-state index contributed by atoms with van der Waals surface area (Å²) >= 11 is 0. The molecule has 2 aromatic rings. The van der Waals surface area contributed by atoms with Crippen molar-refractivity contribution in [3.8, 4) is 0 Å². The van der Waals surface area contributed by atoms with Crippen molar-refractivity contribution in [2.75, 3.05) is 34.3 Å². The van der Waals surface area contributed by atoms with Crippen molar-refractivity contribution >= 4 is 33.1 Å². The summed E-state index contributed by atoms with van der Waals surface area (Å²) in [6.45, 7) is 0.336. The van der Waals surface area contributed by atoms with Crippen LogP contribution in [0.2, 0.25) is 0 Å². The number of fused-ring (bicyclic) bond motifs is 1. The maximum Gasteiger partial charge on any atom is 0.325 e. The number of carbonyl (C=O) groups excluding carboxylic acids is 2. The van der Waals surface area contributed by atoms with Crippen LogP contribution in [0.3, 0.4) is 0 Å². The highest BCUT2D eigenvalue weighted by molar-refractivity contribution is 7.89. The molecule has 142 valence electrons. The van der Waals surface area contributed by atoms with Gasteiger partial charge in [-0.2, -0.15) is 0 Å². The minimum atomic E-state index is -3.55. The van der Waals surface area contributed by atoms with E-state index in [1.807, 2.05) is 0 Å². The molecule has 0 fully saturated rings. The van der Waals surface area contributed by atoms with Crippen LogP contribution in [-0.2, 0) is 26.1 Å². The van der Waals surface area contributed by atoms with Gasteiger partial charge in [0.2, 0.25) is 10.0 Å². The Morgan fingerprint density at radius 1 is 1.27 bits per heavy atom. The quantitative estimate of drug-likeness (QED) is 0.594. The van der Waals surface area contributed by atoms with Crippen molar-refractivity contribution in [2.45, 2.75) is 11.4 Å². The van der Waals surface area contributed by atoms with E-state index in [1.165, 1.54) is 33.3 Å². The summed E-state index contributed by atoms with van der Waals surface area (Å²) in [6, 6.07) is 4.03. The third-order valence-corrected chi connectivity index (χ3v) is 5.31. The van der Waals surface area contributed by atoms with Gasteiger partial charge in [-0.25, -0.2) is 22.2 Å². The number of amides is 2. The Bertz CT molecular complexity index is 908. The van der Waals surface area contributed by atoms with E-state index >= 15 is 0 Å². The standard InChI is InChI=1S/C14H20N6O5S/c1-19(2)26(23,24)10-4-5-12-11(8-10)17-18-20(12)7-6-15-14(22)16-9-13(21)25-3/h4-5,8H,6-7,9H2,1-3H3,(H2,15,16,22). The number of nitrogens with one attached hydrogen (secondary N) is 2. The Balaban J connectivity index is 1.99. The fraction of sp³-hybridized carbons (Fsp3) is 0.429. The molecule has 1 aromatic carbocycles. The fourth-order valence-corrected chi connectivity index (χ4v) is 2.97. The lowest BCUT2D eigenvalue weighted by Crippen LogP contribution is -2.40. The Morgan fingerprint density at radius 2 is 2.00 bits per heavy atom. The van der Waals surface area contributed by atoms with Gasteiger partial charge in [0.1, 0.15) is 12.1 Å². The molecule has 2 N–H and O–H groups in total. The van der Waals surface area contributed by atoms with Gasteiger partial charge in [-0.3, -0.25) is 4.79 Å². The zero-order valence-corrected chi connectivity index (χ0v) is 15.4. The number of nitrogens with zero attached hydrogens (tertiary/aromatic N) is 4. The van der Waals surface area contributed by atoms with Crippen molar-refractivity contribution in [2.24, 2.45) is 0 Å². The molecule has 26 heavy (non-hydrogen) atoms. The highest BCUT2D eigenvalue weighted by Crippen LogP contribution is 2.19. The van der Waals surface area contributed by atoms with E-state index in [1.54, 1.807) is 10.7 Å². The third kappa shape index (κ3) is 4.46. The summed E-state index contributed by atoms with van der Waals surface area (Å²) in [4.78, 5) is 22.6. The average Bonchev–Trinajstić information content (AvgIpc) is 3.01. The Labute approximate surface area is 150 Å². The second-order valence-corrected chi connectivity index (χ2v) is 7.59. The van der Waals surface area contributed by atoms with Gasteiger partial charge in [0.15, 0.2) is 0 Å². The van der Waals surface area contributed by atoms with Crippen LogP contribution in [0.5, 0.6) is 0 Å². The van der Waals surface area contributed by atoms with Gasteiger partial charge < -0.3 is 15.4 Å². The van der Waals surface area contributed by atoms with Gasteiger partial charge in [-0.1, -0.05) is 5.21 Å². The first kappa shape index (κ1) is 19.6. The lowest BCUT2D eigenvalue weighted by Gasteiger charge is -2.11. The molecule has 2 rings (SSSR count). The van der Waals surface area contributed by atoms with E-state index in [4.69, 9.17) is 0 Å². The molecule has 0 unspecified atom stereocenters. The molecule has 0 aliphatic carbocycles. The number of methoxy groups -OCH3 is 1. The largest absolute Gasteiger partial charge is 0.468 e. The summed E-state index contributed by atoms with van der Waals surface area (Å²) in [5, 5.41) is 12.8. The number of sulfonamides is 1. The number of benzene rings is 1. The van der Waals surface area contributed by atoms with Crippen LogP contribution >= 0.6 is 0 Å². The predicted octanol–water partition coefficient (Wildman–Crippen LogP) is -0.846. The van der Waals surface area contributed by atoms with Gasteiger partial charge in [0, 0.05) is 20.6 Å². The molecule has 0 saturated heterocycles. The number of aromatic nitrogens is 3.